The van der Waals surface area contributed by atoms with Crippen molar-refractivity contribution in [2.24, 2.45) is 0 Å². The third-order valence-electron chi connectivity index (χ3n) is 14.4. The molecule has 1 amide bonds. The predicted octanol–water partition coefficient (Wildman–Crippen LogP) is 10.3. The number of nitrogens with one attached hydrogen (secondary N) is 1. The zero-order valence-electron chi connectivity index (χ0n) is 47.2. The Morgan fingerprint density at radius 1 is 0.487 bits per heavy atom. The molecule has 440 valence electrons. The lowest BCUT2D eigenvalue weighted by molar-refractivity contribution is -0.359. The molecule has 14 nitrogen and oxygen atoms in total. The summed E-state index contributed by atoms with van der Waals surface area (Å²) in [5.41, 5.74) is 0. The topological polar surface area (TPSA) is 228 Å². The molecule has 2 aliphatic heterocycles. The van der Waals surface area contributed by atoms with Gasteiger partial charge in [0.25, 0.3) is 0 Å². The van der Waals surface area contributed by atoms with Crippen molar-refractivity contribution < 1.29 is 64.6 Å². The molecular formula is C62H109NO13. The van der Waals surface area contributed by atoms with Crippen LogP contribution in [0.4, 0.5) is 0 Å². The predicted molar refractivity (Wildman–Crippen MR) is 304 cm³/mol. The zero-order chi connectivity index (χ0) is 55.3. The molecule has 0 bridgehead atoms. The number of allylic oxidation sites excluding steroid dienone is 11. The third kappa shape index (κ3) is 32.5. The second-order valence-corrected chi connectivity index (χ2v) is 21.1. The van der Waals surface area contributed by atoms with Gasteiger partial charge in [0.05, 0.1) is 32.0 Å². The van der Waals surface area contributed by atoms with E-state index in [0.29, 0.717) is 6.42 Å². The molecule has 2 aliphatic rings. The SMILES string of the molecule is CC/C=C\C/C=C\C/C=C\C/C=C\C/C=C\CCCCCCCCCCCCCCCCCCCCCCCC(=O)NC(COC1OC(CO)C(OC2OC(CO)C(O)C(O)C2O)C(O)C1O)C(O)/C=C/CCCCC. The highest BCUT2D eigenvalue weighted by atomic mass is 16.7. The van der Waals surface area contributed by atoms with Crippen molar-refractivity contribution in [2.45, 2.75) is 293 Å². The number of amides is 1. The van der Waals surface area contributed by atoms with Gasteiger partial charge in [-0.25, -0.2) is 0 Å². The molecule has 0 aromatic rings. The minimum Gasteiger partial charge on any atom is -0.394 e. The fraction of sp³-hybridized carbons (Fsp3) is 0.790. The van der Waals surface area contributed by atoms with E-state index in [2.05, 4.69) is 79.9 Å². The van der Waals surface area contributed by atoms with Crippen LogP contribution in [0.15, 0.2) is 72.9 Å². The first kappa shape index (κ1) is 69.5. The van der Waals surface area contributed by atoms with Gasteiger partial charge in [0.1, 0.15) is 48.8 Å². The van der Waals surface area contributed by atoms with Crippen molar-refractivity contribution in [1.29, 1.82) is 0 Å². The van der Waals surface area contributed by atoms with Crippen molar-refractivity contribution in [2.75, 3.05) is 19.8 Å². The van der Waals surface area contributed by atoms with Crippen LogP contribution < -0.4 is 5.32 Å². The van der Waals surface area contributed by atoms with E-state index in [4.69, 9.17) is 18.9 Å². The highest BCUT2D eigenvalue weighted by Gasteiger charge is 2.51. The van der Waals surface area contributed by atoms with Crippen molar-refractivity contribution >= 4 is 5.91 Å². The van der Waals surface area contributed by atoms with Crippen LogP contribution in [0.3, 0.4) is 0 Å². The minimum absolute atomic E-state index is 0.246. The number of hydrogen-bond acceptors (Lipinski definition) is 13. The van der Waals surface area contributed by atoms with E-state index in [-0.39, 0.29) is 18.9 Å². The number of carbonyl (C=O) groups excluding carboxylic acids is 1. The first-order chi connectivity index (χ1) is 37.1. The monoisotopic (exact) mass is 1080 g/mol. The molecule has 0 aromatic heterocycles. The Morgan fingerprint density at radius 3 is 1.39 bits per heavy atom. The normalized spacial score (nSPS) is 25.4. The average molecular weight is 1080 g/mol. The van der Waals surface area contributed by atoms with Gasteiger partial charge in [-0.3, -0.25) is 4.79 Å². The maximum atomic E-state index is 13.1. The maximum Gasteiger partial charge on any atom is 0.220 e. The van der Waals surface area contributed by atoms with Crippen molar-refractivity contribution in [3.63, 3.8) is 0 Å². The second kappa shape index (κ2) is 47.3. The number of hydrogen-bond donors (Lipinski definition) is 9. The van der Waals surface area contributed by atoms with Crippen LogP contribution in [-0.2, 0) is 23.7 Å². The summed E-state index contributed by atoms with van der Waals surface area (Å²) in [5.74, 6) is -0.246. The molecule has 0 saturated carbocycles. The summed E-state index contributed by atoms with van der Waals surface area (Å²) in [7, 11) is 0. The van der Waals surface area contributed by atoms with Crippen molar-refractivity contribution in [3.8, 4) is 0 Å². The molecule has 12 atom stereocenters. The smallest absolute Gasteiger partial charge is 0.220 e. The van der Waals surface area contributed by atoms with E-state index in [9.17, 15) is 45.6 Å². The van der Waals surface area contributed by atoms with E-state index >= 15 is 0 Å². The van der Waals surface area contributed by atoms with Gasteiger partial charge in [0, 0.05) is 6.42 Å². The summed E-state index contributed by atoms with van der Waals surface area (Å²) in [6.07, 6.45) is 46.2. The fourth-order valence-corrected chi connectivity index (χ4v) is 9.55. The molecule has 14 heteroatoms. The van der Waals surface area contributed by atoms with Crippen LogP contribution in [-0.4, -0.2) is 140 Å². The molecule has 2 heterocycles. The third-order valence-corrected chi connectivity index (χ3v) is 14.4. The van der Waals surface area contributed by atoms with Crippen LogP contribution in [0.25, 0.3) is 0 Å². The van der Waals surface area contributed by atoms with Crippen LogP contribution in [0.1, 0.15) is 219 Å². The van der Waals surface area contributed by atoms with Crippen LogP contribution in [0.5, 0.6) is 0 Å². The van der Waals surface area contributed by atoms with Crippen LogP contribution >= 0.6 is 0 Å². The maximum absolute atomic E-state index is 13.1. The van der Waals surface area contributed by atoms with Gasteiger partial charge in [0.15, 0.2) is 12.6 Å². The van der Waals surface area contributed by atoms with E-state index < -0.39 is 86.8 Å². The Labute approximate surface area is 459 Å². The zero-order valence-corrected chi connectivity index (χ0v) is 47.2. The molecular weight excluding hydrogens is 967 g/mol. The molecule has 0 spiro atoms. The number of rotatable bonds is 47. The second-order valence-electron chi connectivity index (χ2n) is 21.1. The van der Waals surface area contributed by atoms with Gasteiger partial charge in [-0.1, -0.05) is 222 Å². The van der Waals surface area contributed by atoms with E-state index in [1.54, 1.807) is 6.08 Å². The van der Waals surface area contributed by atoms with Gasteiger partial charge < -0.3 is 65.1 Å². The molecule has 0 aliphatic carbocycles. The van der Waals surface area contributed by atoms with Crippen LogP contribution in [0.2, 0.25) is 0 Å². The quantitative estimate of drug-likeness (QED) is 0.0204. The van der Waals surface area contributed by atoms with Crippen molar-refractivity contribution in [1.82, 2.24) is 5.32 Å². The average Bonchev–Trinajstić information content (AvgIpc) is 3.42. The summed E-state index contributed by atoms with van der Waals surface area (Å²) >= 11 is 0. The summed E-state index contributed by atoms with van der Waals surface area (Å²) < 4.78 is 22.6. The first-order valence-corrected chi connectivity index (χ1v) is 30.2. The van der Waals surface area contributed by atoms with Gasteiger partial charge in [0.2, 0.25) is 5.91 Å². The minimum atomic E-state index is -1.79. The van der Waals surface area contributed by atoms with Gasteiger partial charge in [-0.15, -0.1) is 0 Å². The first-order valence-electron chi connectivity index (χ1n) is 30.2. The molecule has 0 radical (unpaired) electrons. The lowest BCUT2D eigenvalue weighted by atomic mass is 9.97. The summed E-state index contributed by atoms with van der Waals surface area (Å²) in [6, 6.07) is -0.911. The Bertz CT molecular complexity index is 1550. The molecule has 2 saturated heterocycles. The summed E-state index contributed by atoms with van der Waals surface area (Å²) in [4.78, 5) is 13.1. The number of ether oxygens (including phenoxy) is 4. The van der Waals surface area contributed by atoms with Gasteiger partial charge in [-0.2, -0.15) is 0 Å². The molecule has 9 N–H and O–H groups in total. The lowest BCUT2D eigenvalue weighted by Crippen LogP contribution is -2.65. The molecule has 2 fully saturated rings. The van der Waals surface area contributed by atoms with Crippen LogP contribution in [0, 0.1) is 0 Å². The number of unbranched alkanes of at least 4 members (excludes halogenated alkanes) is 24. The molecule has 76 heavy (non-hydrogen) atoms. The lowest BCUT2D eigenvalue weighted by Gasteiger charge is -2.46. The number of aliphatic hydroxyl groups excluding tert-OH is 8. The van der Waals surface area contributed by atoms with E-state index in [1.807, 2.05) is 6.08 Å². The Hall–Kier alpha value is -2.57. The van der Waals surface area contributed by atoms with Crippen molar-refractivity contribution in [3.05, 3.63) is 72.9 Å². The summed E-state index contributed by atoms with van der Waals surface area (Å²) in [5, 5.41) is 86.4. The highest BCUT2D eigenvalue weighted by Crippen LogP contribution is 2.30. The largest absolute Gasteiger partial charge is 0.394 e. The van der Waals surface area contributed by atoms with E-state index in [1.165, 1.54) is 116 Å². The van der Waals surface area contributed by atoms with Gasteiger partial charge >= 0.3 is 0 Å². The molecule has 0 aromatic carbocycles. The summed E-state index contributed by atoms with van der Waals surface area (Å²) in [6.45, 7) is 2.55. The number of carbonyl (C=O) groups is 1. The fourth-order valence-electron chi connectivity index (χ4n) is 9.55. The number of aliphatic hydroxyl groups is 8. The Morgan fingerprint density at radius 2 is 0.908 bits per heavy atom. The Balaban J connectivity index is 1.50. The molecule has 12 unspecified atom stereocenters. The Kier molecular flexibility index (Phi) is 43.2. The van der Waals surface area contributed by atoms with E-state index in [0.717, 1.165) is 77.0 Å². The standard InChI is InChI=1S/C62H109NO13/c1-3-5-7-9-10-11-12-13-14-15-16-17-18-19-20-21-22-23-24-25-26-27-28-29-30-31-32-33-34-35-36-37-38-39-40-42-44-46-54(67)63-50(51(66)45-43-41-8-6-4-2)49-73-61-59(72)57(70)60(53(48-65)75-61)76-62-58(71)56(69)55(68)52(47-64)74-62/h5,7,10-11,13-14,16-17,19-20,43,45,50-53,55-62,64-66,68-72H,3-4,6,8-9,12,15,18,21-42,44,46-49H2,1-2H3,(H,63,67)/b7-5-,11-10-,14-13-,17-16-,20-19-,45-43+. The molecule has 2 rings (SSSR count). The highest BCUT2D eigenvalue weighted by molar-refractivity contribution is 5.76. The van der Waals surface area contributed by atoms with Gasteiger partial charge in [-0.05, 0) is 64.2 Å².